The van der Waals surface area contributed by atoms with Gasteiger partial charge in [0, 0.05) is 0 Å². The van der Waals surface area contributed by atoms with Gasteiger partial charge in [-0.2, -0.15) is 0 Å². The van der Waals surface area contributed by atoms with Crippen molar-refractivity contribution in [1.29, 1.82) is 0 Å². The van der Waals surface area contributed by atoms with Crippen molar-refractivity contribution in [2.75, 3.05) is 13.1 Å². The van der Waals surface area contributed by atoms with Crippen LogP contribution in [-0.2, 0) is 11.3 Å². The molecule has 0 saturated carbocycles. The summed E-state index contributed by atoms with van der Waals surface area (Å²) < 4.78 is 19.1. The van der Waals surface area contributed by atoms with Gasteiger partial charge in [-0.05, 0) is 54.8 Å². The third-order valence-corrected chi connectivity index (χ3v) is 3.93. The first-order valence-electron chi connectivity index (χ1n) is 7.49. The van der Waals surface area contributed by atoms with Crippen molar-refractivity contribution in [1.82, 2.24) is 5.32 Å². The third-order valence-electron chi connectivity index (χ3n) is 3.93. The molecule has 0 unspecified atom stereocenters. The lowest BCUT2D eigenvalue weighted by atomic mass is 10.00. The van der Waals surface area contributed by atoms with E-state index in [0.717, 1.165) is 42.6 Å². The summed E-state index contributed by atoms with van der Waals surface area (Å²) >= 11 is 0. The maximum Gasteiger partial charge on any atom is 0.123 e. The number of ether oxygens (including phenoxy) is 1. The lowest BCUT2D eigenvalue weighted by Crippen LogP contribution is -2.32. The van der Waals surface area contributed by atoms with Crippen LogP contribution in [0, 0.1) is 5.82 Å². The molecule has 3 rings (SSSR count). The Kier molecular flexibility index (Phi) is 4.63. The molecule has 1 aliphatic rings. The van der Waals surface area contributed by atoms with Crippen molar-refractivity contribution in [3.8, 4) is 11.1 Å². The molecule has 0 radical (unpaired) electrons. The minimum Gasteiger partial charge on any atom is -0.373 e. The number of piperidine rings is 1. The summed E-state index contributed by atoms with van der Waals surface area (Å²) in [5, 5.41) is 3.34. The van der Waals surface area contributed by atoms with Crippen LogP contribution in [0.25, 0.3) is 11.1 Å². The van der Waals surface area contributed by atoms with Crippen LogP contribution in [0.4, 0.5) is 4.39 Å². The van der Waals surface area contributed by atoms with Crippen LogP contribution in [0.1, 0.15) is 18.4 Å². The highest BCUT2D eigenvalue weighted by atomic mass is 19.1. The van der Waals surface area contributed by atoms with Crippen LogP contribution in [-0.4, -0.2) is 19.2 Å². The molecule has 1 aliphatic heterocycles. The number of nitrogens with one attached hydrogen (secondary N) is 1. The second-order valence-corrected chi connectivity index (χ2v) is 5.42. The van der Waals surface area contributed by atoms with Gasteiger partial charge in [-0.1, -0.05) is 36.4 Å². The smallest absolute Gasteiger partial charge is 0.123 e. The fourth-order valence-corrected chi connectivity index (χ4v) is 2.73. The summed E-state index contributed by atoms with van der Waals surface area (Å²) in [7, 11) is 0. The van der Waals surface area contributed by atoms with E-state index < -0.39 is 0 Å². The van der Waals surface area contributed by atoms with Gasteiger partial charge < -0.3 is 10.1 Å². The van der Waals surface area contributed by atoms with Crippen molar-refractivity contribution in [3.63, 3.8) is 0 Å². The average Bonchev–Trinajstić information content (AvgIpc) is 2.55. The zero-order valence-electron chi connectivity index (χ0n) is 12.0. The SMILES string of the molecule is Fc1ccc(-c2ccccc2COC2CCNCC2)cc1. The van der Waals surface area contributed by atoms with E-state index in [0.29, 0.717) is 12.7 Å². The minimum atomic E-state index is -0.206. The summed E-state index contributed by atoms with van der Waals surface area (Å²) in [5.74, 6) is -0.206. The average molecular weight is 285 g/mol. The van der Waals surface area contributed by atoms with Gasteiger partial charge in [-0.15, -0.1) is 0 Å². The fraction of sp³-hybridized carbons (Fsp3) is 0.333. The number of hydrogen-bond acceptors (Lipinski definition) is 2. The molecule has 21 heavy (non-hydrogen) atoms. The standard InChI is InChI=1S/C18H20FNO/c19-16-7-5-14(6-8-16)18-4-2-1-3-15(18)13-21-17-9-11-20-12-10-17/h1-8,17,20H,9-13H2. The van der Waals surface area contributed by atoms with Crippen molar-refractivity contribution in [2.45, 2.75) is 25.6 Å². The number of hydrogen-bond donors (Lipinski definition) is 1. The van der Waals surface area contributed by atoms with Crippen molar-refractivity contribution < 1.29 is 9.13 Å². The third kappa shape index (κ3) is 3.69. The van der Waals surface area contributed by atoms with Crippen LogP contribution in [0.5, 0.6) is 0 Å². The fourth-order valence-electron chi connectivity index (χ4n) is 2.73. The van der Waals surface area contributed by atoms with Gasteiger partial charge in [0.1, 0.15) is 5.82 Å². The molecule has 0 spiro atoms. The Labute approximate surface area is 125 Å². The van der Waals surface area contributed by atoms with Crippen LogP contribution in [0.2, 0.25) is 0 Å². The molecule has 0 aliphatic carbocycles. The zero-order chi connectivity index (χ0) is 14.5. The highest BCUT2D eigenvalue weighted by Crippen LogP contribution is 2.25. The minimum absolute atomic E-state index is 0.206. The Balaban J connectivity index is 1.74. The van der Waals surface area contributed by atoms with E-state index in [4.69, 9.17) is 4.74 Å². The molecule has 2 aromatic rings. The number of halogens is 1. The number of rotatable bonds is 4. The predicted octanol–water partition coefficient (Wildman–Crippen LogP) is 3.76. The van der Waals surface area contributed by atoms with E-state index in [1.807, 2.05) is 24.3 Å². The molecular formula is C18H20FNO. The lowest BCUT2D eigenvalue weighted by Gasteiger charge is -2.23. The maximum absolute atomic E-state index is 13.1. The second-order valence-electron chi connectivity index (χ2n) is 5.42. The van der Waals surface area contributed by atoms with Crippen LogP contribution >= 0.6 is 0 Å². The van der Waals surface area contributed by atoms with E-state index in [-0.39, 0.29) is 5.82 Å². The molecule has 110 valence electrons. The second kappa shape index (κ2) is 6.83. The lowest BCUT2D eigenvalue weighted by molar-refractivity contribution is 0.0214. The zero-order valence-corrected chi connectivity index (χ0v) is 12.0. The topological polar surface area (TPSA) is 21.3 Å². The van der Waals surface area contributed by atoms with Gasteiger partial charge in [-0.25, -0.2) is 4.39 Å². The molecule has 1 fully saturated rings. The number of benzene rings is 2. The quantitative estimate of drug-likeness (QED) is 0.923. The summed E-state index contributed by atoms with van der Waals surface area (Å²) in [4.78, 5) is 0. The maximum atomic E-state index is 13.1. The Hall–Kier alpha value is -1.71. The van der Waals surface area contributed by atoms with Crippen LogP contribution < -0.4 is 5.32 Å². The van der Waals surface area contributed by atoms with Crippen LogP contribution in [0.3, 0.4) is 0 Å². The Bertz CT molecular complexity index is 576. The van der Waals surface area contributed by atoms with E-state index in [2.05, 4.69) is 17.4 Å². The Morgan fingerprint density at radius 3 is 2.48 bits per heavy atom. The normalized spacial score (nSPS) is 16.0. The Morgan fingerprint density at radius 1 is 1.00 bits per heavy atom. The highest BCUT2D eigenvalue weighted by molar-refractivity contribution is 5.67. The molecule has 2 nitrogen and oxygen atoms in total. The van der Waals surface area contributed by atoms with Crippen molar-refractivity contribution in [2.24, 2.45) is 0 Å². The van der Waals surface area contributed by atoms with Crippen molar-refractivity contribution in [3.05, 3.63) is 59.9 Å². The molecule has 1 N–H and O–H groups in total. The first-order chi connectivity index (χ1) is 10.3. The first kappa shape index (κ1) is 14.2. The summed E-state index contributed by atoms with van der Waals surface area (Å²) in [6.45, 7) is 2.67. The summed E-state index contributed by atoms with van der Waals surface area (Å²) in [6, 6.07) is 14.8. The molecule has 1 heterocycles. The van der Waals surface area contributed by atoms with Gasteiger partial charge in [0.05, 0.1) is 12.7 Å². The molecule has 0 aromatic heterocycles. The highest BCUT2D eigenvalue weighted by Gasteiger charge is 2.14. The Morgan fingerprint density at radius 2 is 1.71 bits per heavy atom. The predicted molar refractivity (Wildman–Crippen MR) is 82.5 cm³/mol. The van der Waals surface area contributed by atoms with Gasteiger partial charge >= 0.3 is 0 Å². The van der Waals surface area contributed by atoms with Gasteiger partial charge in [0.15, 0.2) is 0 Å². The molecule has 0 bridgehead atoms. The van der Waals surface area contributed by atoms with Crippen molar-refractivity contribution >= 4 is 0 Å². The van der Waals surface area contributed by atoms with Gasteiger partial charge in [0.2, 0.25) is 0 Å². The largest absolute Gasteiger partial charge is 0.373 e. The molecule has 0 atom stereocenters. The molecule has 2 aromatic carbocycles. The molecule has 3 heteroatoms. The van der Waals surface area contributed by atoms with E-state index in [1.54, 1.807) is 0 Å². The first-order valence-corrected chi connectivity index (χ1v) is 7.49. The van der Waals surface area contributed by atoms with E-state index >= 15 is 0 Å². The van der Waals surface area contributed by atoms with E-state index in [1.165, 1.54) is 12.1 Å². The van der Waals surface area contributed by atoms with Crippen LogP contribution in [0.15, 0.2) is 48.5 Å². The summed E-state index contributed by atoms with van der Waals surface area (Å²) in [5.41, 5.74) is 3.30. The van der Waals surface area contributed by atoms with E-state index in [9.17, 15) is 4.39 Å². The van der Waals surface area contributed by atoms with Gasteiger partial charge in [0.25, 0.3) is 0 Å². The summed E-state index contributed by atoms with van der Waals surface area (Å²) in [6.07, 6.45) is 2.48. The monoisotopic (exact) mass is 285 g/mol. The molecule has 0 amide bonds. The molecule has 1 saturated heterocycles. The molecular weight excluding hydrogens is 265 g/mol. The van der Waals surface area contributed by atoms with Gasteiger partial charge in [-0.3, -0.25) is 0 Å².